The maximum absolute atomic E-state index is 12.4. The summed E-state index contributed by atoms with van der Waals surface area (Å²) in [4.78, 5) is 4.15. The molecule has 5 heteroatoms. The first-order valence-corrected chi connectivity index (χ1v) is 5.97. The minimum Gasteiger partial charge on any atom is -0.246 e. The predicted octanol–water partition coefficient (Wildman–Crippen LogP) is 4.84. The number of hydrogen-bond acceptors (Lipinski definition) is 1. The lowest BCUT2D eigenvalue weighted by Gasteiger charge is -2.08. The van der Waals surface area contributed by atoms with E-state index in [-0.39, 0.29) is 0 Å². The van der Waals surface area contributed by atoms with E-state index in [1.165, 1.54) is 12.1 Å². The summed E-state index contributed by atoms with van der Waals surface area (Å²) >= 11 is 3.27. The van der Waals surface area contributed by atoms with Gasteiger partial charge in [-0.3, -0.25) is 0 Å². The van der Waals surface area contributed by atoms with Crippen molar-refractivity contribution in [3.05, 3.63) is 52.3 Å². The van der Waals surface area contributed by atoms with Crippen LogP contribution in [0.5, 0.6) is 0 Å². The fraction of sp³-hybridized carbons (Fsp3) is 0.154. The number of aryl methyl sites for hydroxylation is 1. The number of alkyl halides is 3. The monoisotopic (exact) mass is 315 g/mol. The van der Waals surface area contributed by atoms with Gasteiger partial charge in [0.1, 0.15) is 4.60 Å². The van der Waals surface area contributed by atoms with Crippen LogP contribution < -0.4 is 0 Å². The number of pyridine rings is 1. The molecule has 0 fully saturated rings. The maximum atomic E-state index is 12.4. The van der Waals surface area contributed by atoms with Crippen LogP contribution >= 0.6 is 15.9 Å². The number of aromatic nitrogens is 1. The molecule has 0 amide bonds. The van der Waals surface area contributed by atoms with Crippen LogP contribution in [0.2, 0.25) is 0 Å². The van der Waals surface area contributed by atoms with Crippen LogP contribution in [0.3, 0.4) is 0 Å². The van der Waals surface area contributed by atoms with E-state index >= 15 is 0 Å². The van der Waals surface area contributed by atoms with Crippen molar-refractivity contribution in [1.82, 2.24) is 4.98 Å². The first kappa shape index (κ1) is 13.1. The summed E-state index contributed by atoms with van der Waals surface area (Å²) in [5, 5.41) is 0. The van der Waals surface area contributed by atoms with Crippen molar-refractivity contribution < 1.29 is 13.2 Å². The molecule has 0 aliphatic rings. The zero-order valence-corrected chi connectivity index (χ0v) is 11.0. The number of rotatable bonds is 1. The summed E-state index contributed by atoms with van der Waals surface area (Å²) in [6, 6.07) is 8.69. The molecule has 1 heterocycles. The first-order valence-electron chi connectivity index (χ1n) is 5.18. The van der Waals surface area contributed by atoms with Gasteiger partial charge in [0.15, 0.2) is 0 Å². The minimum absolute atomic E-state index is 0.643. The smallest absolute Gasteiger partial charge is 0.246 e. The second kappa shape index (κ2) is 4.72. The van der Waals surface area contributed by atoms with Crippen LogP contribution in [0.25, 0.3) is 11.1 Å². The van der Waals surface area contributed by atoms with E-state index in [2.05, 4.69) is 20.9 Å². The van der Waals surface area contributed by atoms with E-state index < -0.39 is 11.7 Å². The number of hydrogen-bond donors (Lipinski definition) is 0. The fourth-order valence-corrected chi connectivity index (χ4v) is 2.17. The summed E-state index contributed by atoms with van der Waals surface area (Å²) < 4.78 is 38.0. The third-order valence-corrected chi connectivity index (χ3v) is 2.87. The molecule has 0 unspecified atom stereocenters. The van der Waals surface area contributed by atoms with Crippen LogP contribution in [0.15, 0.2) is 41.0 Å². The average molecular weight is 316 g/mol. The second-order valence-electron chi connectivity index (χ2n) is 3.90. The van der Waals surface area contributed by atoms with Gasteiger partial charge < -0.3 is 0 Å². The van der Waals surface area contributed by atoms with E-state index in [1.54, 1.807) is 6.07 Å². The van der Waals surface area contributed by atoms with Gasteiger partial charge in [0.2, 0.25) is 0 Å². The Labute approximate surface area is 111 Å². The predicted molar refractivity (Wildman–Crippen MR) is 67.1 cm³/mol. The molecule has 94 valence electrons. The molecule has 0 aliphatic carbocycles. The molecule has 2 aromatic rings. The van der Waals surface area contributed by atoms with Crippen molar-refractivity contribution in [2.75, 3.05) is 0 Å². The standard InChI is InChI=1S/C13H9BrF3N/c1-8-6-10(7-12(14)18-8)9-2-4-11(5-3-9)13(15,16)17/h2-7H,1H3. The van der Waals surface area contributed by atoms with Crippen molar-refractivity contribution in [1.29, 1.82) is 0 Å². The van der Waals surface area contributed by atoms with Crippen molar-refractivity contribution in [3.8, 4) is 11.1 Å². The molecular formula is C13H9BrF3N. The SMILES string of the molecule is Cc1cc(-c2ccc(C(F)(F)F)cc2)cc(Br)n1. The molecule has 0 saturated heterocycles. The largest absolute Gasteiger partial charge is 0.416 e. The Hall–Kier alpha value is -1.36. The highest BCUT2D eigenvalue weighted by Gasteiger charge is 2.29. The summed E-state index contributed by atoms with van der Waals surface area (Å²) in [6.45, 7) is 1.83. The van der Waals surface area contributed by atoms with Crippen molar-refractivity contribution >= 4 is 15.9 Å². The summed E-state index contributed by atoms with van der Waals surface area (Å²) in [5.41, 5.74) is 1.73. The van der Waals surface area contributed by atoms with E-state index in [4.69, 9.17) is 0 Å². The Bertz CT molecular complexity index is 541. The molecule has 1 aromatic heterocycles. The fourth-order valence-electron chi connectivity index (χ4n) is 1.65. The maximum Gasteiger partial charge on any atom is 0.416 e. The zero-order chi connectivity index (χ0) is 13.3. The Morgan fingerprint density at radius 1 is 1.00 bits per heavy atom. The molecule has 0 aliphatic heterocycles. The third-order valence-electron chi connectivity index (χ3n) is 2.47. The molecule has 2 rings (SSSR count). The molecule has 18 heavy (non-hydrogen) atoms. The second-order valence-corrected chi connectivity index (χ2v) is 4.71. The first-order chi connectivity index (χ1) is 8.36. The van der Waals surface area contributed by atoms with Gasteiger partial charge in [-0.15, -0.1) is 0 Å². The lowest BCUT2D eigenvalue weighted by molar-refractivity contribution is -0.137. The third kappa shape index (κ3) is 2.90. The Morgan fingerprint density at radius 3 is 2.11 bits per heavy atom. The Kier molecular flexibility index (Phi) is 3.43. The molecule has 0 bridgehead atoms. The molecular weight excluding hydrogens is 307 g/mol. The molecule has 0 spiro atoms. The number of benzene rings is 1. The van der Waals surface area contributed by atoms with E-state index in [0.29, 0.717) is 4.60 Å². The van der Waals surface area contributed by atoms with Gasteiger partial charge in [-0.1, -0.05) is 12.1 Å². The van der Waals surface area contributed by atoms with Crippen LogP contribution in [0.4, 0.5) is 13.2 Å². The lowest BCUT2D eigenvalue weighted by Crippen LogP contribution is -2.04. The average Bonchev–Trinajstić information content (AvgIpc) is 2.27. The van der Waals surface area contributed by atoms with E-state index in [0.717, 1.165) is 29.0 Å². The highest BCUT2D eigenvalue weighted by Crippen LogP contribution is 2.31. The summed E-state index contributed by atoms with van der Waals surface area (Å²) in [7, 11) is 0. The van der Waals surface area contributed by atoms with Gasteiger partial charge in [0.05, 0.1) is 5.56 Å². The van der Waals surface area contributed by atoms with Gasteiger partial charge in [0.25, 0.3) is 0 Å². The molecule has 0 N–H and O–H groups in total. The highest BCUT2D eigenvalue weighted by molar-refractivity contribution is 9.10. The van der Waals surface area contributed by atoms with E-state index in [1.807, 2.05) is 13.0 Å². The zero-order valence-electron chi connectivity index (χ0n) is 9.42. The molecule has 1 aromatic carbocycles. The van der Waals surface area contributed by atoms with Gasteiger partial charge in [-0.25, -0.2) is 4.98 Å². The summed E-state index contributed by atoms with van der Waals surface area (Å²) in [6.07, 6.45) is -4.30. The number of halogens is 4. The van der Waals surface area contributed by atoms with Crippen LogP contribution in [0.1, 0.15) is 11.3 Å². The minimum atomic E-state index is -4.30. The highest BCUT2D eigenvalue weighted by atomic mass is 79.9. The van der Waals surface area contributed by atoms with Crippen molar-refractivity contribution in [3.63, 3.8) is 0 Å². The van der Waals surface area contributed by atoms with Gasteiger partial charge >= 0.3 is 6.18 Å². The van der Waals surface area contributed by atoms with Crippen LogP contribution in [0, 0.1) is 6.92 Å². The van der Waals surface area contributed by atoms with Crippen molar-refractivity contribution in [2.24, 2.45) is 0 Å². The summed E-state index contributed by atoms with van der Waals surface area (Å²) in [5.74, 6) is 0. The van der Waals surface area contributed by atoms with Crippen LogP contribution in [-0.2, 0) is 6.18 Å². The van der Waals surface area contributed by atoms with Crippen molar-refractivity contribution in [2.45, 2.75) is 13.1 Å². The molecule has 1 nitrogen and oxygen atoms in total. The quantitative estimate of drug-likeness (QED) is 0.686. The molecule has 0 atom stereocenters. The number of nitrogens with zero attached hydrogens (tertiary/aromatic N) is 1. The topological polar surface area (TPSA) is 12.9 Å². The lowest BCUT2D eigenvalue weighted by atomic mass is 10.0. The van der Waals surface area contributed by atoms with E-state index in [9.17, 15) is 13.2 Å². The van der Waals surface area contributed by atoms with Gasteiger partial charge in [-0.2, -0.15) is 13.2 Å². The van der Waals surface area contributed by atoms with Gasteiger partial charge in [0, 0.05) is 5.69 Å². The van der Waals surface area contributed by atoms with Gasteiger partial charge in [-0.05, 0) is 58.2 Å². The Balaban J connectivity index is 2.40. The normalized spacial score (nSPS) is 11.6. The van der Waals surface area contributed by atoms with Crippen LogP contribution in [-0.4, -0.2) is 4.98 Å². The molecule has 0 radical (unpaired) electrons. The Morgan fingerprint density at radius 2 is 1.61 bits per heavy atom. The molecule has 0 saturated carbocycles.